The van der Waals surface area contributed by atoms with Crippen LogP contribution in [0, 0.1) is 13.8 Å². The summed E-state index contributed by atoms with van der Waals surface area (Å²) in [5, 5.41) is 16.4. The third kappa shape index (κ3) is 3.69. The van der Waals surface area contributed by atoms with Gasteiger partial charge in [-0.05, 0) is 38.8 Å². The molecule has 1 N–H and O–H groups in total. The number of nitrogens with one attached hydrogen (secondary N) is 1. The molecule has 2 aromatic rings. The van der Waals surface area contributed by atoms with Crippen molar-refractivity contribution in [1.82, 2.24) is 24.9 Å². The number of anilines is 1. The number of aryl methyl sites for hydroxylation is 2. The highest BCUT2D eigenvalue weighted by molar-refractivity contribution is 7.15. The van der Waals surface area contributed by atoms with Crippen LogP contribution in [-0.4, -0.2) is 49.9 Å². The minimum atomic E-state index is -0.0281. The van der Waals surface area contributed by atoms with Gasteiger partial charge in [0.15, 0.2) is 0 Å². The Morgan fingerprint density at radius 3 is 3.00 bits per heavy atom. The van der Waals surface area contributed by atoms with E-state index in [0.717, 1.165) is 36.5 Å². The van der Waals surface area contributed by atoms with Crippen LogP contribution in [0.3, 0.4) is 0 Å². The number of aromatic nitrogens is 4. The topological polar surface area (TPSA) is 75.9 Å². The molecule has 1 aliphatic heterocycles. The summed E-state index contributed by atoms with van der Waals surface area (Å²) in [4.78, 5) is 14.4. The molecule has 0 aliphatic carbocycles. The zero-order valence-corrected chi connectivity index (χ0v) is 13.6. The van der Waals surface area contributed by atoms with E-state index >= 15 is 0 Å². The second-order valence-corrected chi connectivity index (χ2v) is 6.86. The van der Waals surface area contributed by atoms with Gasteiger partial charge in [-0.25, -0.2) is 0 Å². The Morgan fingerprint density at radius 1 is 1.45 bits per heavy atom. The van der Waals surface area contributed by atoms with Crippen molar-refractivity contribution in [3.8, 4) is 0 Å². The van der Waals surface area contributed by atoms with Crippen LogP contribution in [0.4, 0.5) is 5.13 Å². The fourth-order valence-corrected chi connectivity index (χ4v) is 3.39. The third-order valence-electron chi connectivity index (χ3n) is 3.78. The second kappa shape index (κ2) is 6.53. The van der Waals surface area contributed by atoms with Gasteiger partial charge in [0.05, 0.1) is 19.3 Å². The maximum atomic E-state index is 12.1. The van der Waals surface area contributed by atoms with Gasteiger partial charge >= 0.3 is 0 Å². The number of carbonyl (C=O) groups excluding carboxylic acids is 1. The highest BCUT2D eigenvalue weighted by atomic mass is 32.1. The molecule has 1 atom stereocenters. The minimum absolute atomic E-state index is 0.0281. The summed E-state index contributed by atoms with van der Waals surface area (Å²) in [7, 11) is 0. The molecule has 8 heteroatoms. The highest BCUT2D eigenvalue weighted by Crippen LogP contribution is 2.19. The van der Waals surface area contributed by atoms with Crippen LogP contribution >= 0.6 is 11.3 Å². The number of hydrogen-bond donors (Lipinski definition) is 1. The van der Waals surface area contributed by atoms with Crippen molar-refractivity contribution in [1.29, 1.82) is 0 Å². The number of rotatable bonds is 5. The van der Waals surface area contributed by atoms with E-state index in [4.69, 9.17) is 0 Å². The zero-order chi connectivity index (χ0) is 15.5. The van der Waals surface area contributed by atoms with Crippen LogP contribution in [0.1, 0.15) is 23.4 Å². The lowest BCUT2D eigenvalue weighted by Crippen LogP contribution is -2.39. The van der Waals surface area contributed by atoms with Gasteiger partial charge in [0.1, 0.15) is 5.01 Å². The van der Waals surface area contributed by atoms with E-state index in [1.165, 1.54) is 11.3 Å². The lowest BCUT2D eigenvalue weighted by molar-refractivity contribution is -0.117. The van der Waals surface area contributed by atoms with E-state index in [2.05, 4.69) is 25.5 Å². The average Bonchev–Trinajstić information content (AvgIpc) is 3.15. The van der Waals surface area contributed by atoms with Crippen molar-refractivity contribution in [3.63, 3.8) is 0 Å². The first-order chi connectivity index (χ1) is 10.6. The smallest absolute Gasteiger partial charge is 0.240 e. The SMILES string of the molecule is Cc1cnn(CC2CCCN2CC(=O)Nc2nnc(C)s2)c1. The molecule has 118 valence electrons. The number of amides is 1. The number of hydrogen-bond acceptors (Lipinski definition) is 6. The Bertz CT molecular complexity index is 651. The van der Waals surface area contributed by atoms with Crippen molar-refractivity contribution in [2.45, 2.75) is 39.3 Å². The predicted molar refractivity (Wildman–Crippen MR) is 84.8 cm³/mol. The van der Waals surface area contributed by atoms with Crippen molar-refractivity contribution in [3.05, 3.63) is 23.0 Å². The Kier molecular flexibility index (Phi) is 4.49. The van der Waals surface area contributed by atoms with Gasteiger partial charge in [-0.15, -0.1) is 10.2 Å². The monoisotopic (exact) mass is 320 g/mol. The van der Waals surface area contributed by atoms with Gasteiger partial charge in [0, 0.05) is 12.2 Å². The molecule has 0 aromatic carbocycles. The molecular formula is C14H20N6OS. The molecule has 0 saturated carbocycles. The molecule has 2 aromatic heterocycles. The fourth-order valence-electron chi connectivity index (χ4n) is 2.78. The van der Waals surface area contributed by atoms with Crippen LogP contribution in [0.25, 0.3) is 0 Å². The maximum Gasteiger partial charge on any atom is 0.240 e. The largest absolute Gasteiger partial charge is 0.299 e. The summed E-state index contributed by atoms with van der Waals surface area (Å²) in [6.45, 7) is 6.08. The summed E-state index contributed by atoms with van der Waals surface area (Å²) in [6, 6.07) is 0.362. The molecule has 1 saturated heterocycles. The van der Waals surface area contributed by atoms with E-state index in [1.54, 1.807) is 0 Å². The van der Waals surface area contributed by atoms with E-state index in [1.807, 2.05) is 30.9 Å². The van der Waals surface area contributed by atoms with Gasteiger partial charge in [0.2, 0.25) is 11.0 Å². The Morgan fingerprint density at radius 2 is 2.32 bits per heavy atom. The van der Waals surface area contributed by atoms with Crippen molar-refractivity contribution >= 4 is 22.4 Å². The molecular weight excluding hydrogens is 300 g/mol. The van der Waals surface area contributed by atoms with Crippen LogP contribution in [0.15, 0.2) is 12.4 Å². The normalized spacial score (nSPS) is 18.7. The molecule has 3 rings (SSSR count). The van der Waals surface area contributed by atoms with Crippen LogP contribution in [0.5, 0.6) is 0 Å². The lowest BCUT2D eigenvalue weighted by atomic mass is 10.2. The lowest BCUT2D eigenvalue weighted by Gasteiger charge is -2.23. The zero-order valence-electron chi connectivity index (χ0n) is 12.8. The maximum absolute atomic E-state index is 12.1. The van der Waals surface area contributed by atoms with Gasteiger partial charge in [0.25, 0.3) is 0 Å². The van der Waals surface area contributed by atoms with E-state index in [9.17, 15) is 4.79 Å². The predicted octanol–water partition coefficient (Wildman–Crippen LogP) is 1.45. The van der Waals surface area contributed by atoms with Crippen molar-refractivity contribution in [2.24, 2.45) is 0 Å². The Hall–Kier alpha value is -1.80. The van der Waals surface area contributed by atoms with Crippen LogP contribution in [0.2, 0.25) is 0 Å². The first-order valence-corrected chi connectivity index (χ1v) is 8.25. The van der Waals surface area contributed by atoms with E-state index in [-0.39, 0.29) is 5.91 Å². The van der Waals surface area contributed by atoms with E-state index in [0.29, 0.717) is 17.7 Å². The van der Waals surface area contributed by atoms with Gasteiger partial charge in [-0.3, -0.25) is 19.7 Å². The van der Waals surface area contributed by atoms with Gasteiger partial charge < -0.3 is 0 Å². The third-order valence-corrected chi connectivity index (χ3v) is 4.53. The molecule has 22 heavy (non-hydrogen) atoms. The standard InChI is InChI=1S/C14H20N6OS/c1-10-6-15-20(7-10)8-12-4-3-5-19(12)9-13(21)16-14-18-17-11(2)22-14/h6-7,12H,3-5,8-9H2,1-2H3,(H,16,18,21). The molecule has 1 amide bonds. The summed E-state index contributed by atoms with van der Waals surface area (Å²) in [6.07, 6.45) is 6.13. The Labute approximate surface area is 133 Å². The van der Waals surface area contributed by atoms with E-state index < -0.39 is 0 Å². The number of carbonyl (C=O) groups is 1. The minimum Gasteiger partial charge on any atom is -0.299 e. The highest BCUT2D eigenvalue weighted by Gasteiger charge is 2.27. The first-order valence-electron chi connectivity index (χ1n) is 7.43. The van der Waals surface area contributed by atoms with Crippen LogP contribution < -0.4 is 5.32 Å². The molecule has 0 radical (unpaired) electrons. The second-order valence-electron chi connectivity index (χ2n) is 5.68. The quantitative estimate of drug-likeness (QED) is 0.902. The van der Waals surface area contributed by atoms with Crippen molar-refractivity contribution < 1.29 is 4.79 Å². The summed E-state index contributed by atoms with van der Waals surface area (Å²) in [5.41, 5.74) is 1.16. The fraction of sp³-hybridized carbons (Fsp3) is 0.571. The molecule has 1 fully saturated rings. The molecule has 7 nitrogen and oxygen atoms in total. The first kappa shape index (κ1) is 15.1. The van der Waals surface area contributed by atoms with Crippen molar-refractivity contribution in [2.75, 3.05) is 18.4 Å². The summed E-state index contributed by atoms with van der Waals surface area (Å²) >= 11 is 1.39. The average molecular weight is 320 g/mol. The molecule has 1 unspecified atom stereocenters. The summed E-state index contributed by atoms with van der Waals surface area (Å²) < 4.78 is 1.96. The Balaban J connectivity index is 1.55. The number of likely N-dealkylation sites (tertiary alicyclic amines) is 1. The molecule has 3 heterocycles. The van der Waals surface area contributed by atoms with Crippen LogP contribution in [-0.2, 0) is 11.3 Å². The molecule has 1 aliphatic rings. The summed E-state index contributed by atoms with van der Waals surface area (Å²) in [5.74, 6) is -0.0281. The molecule has 0 bridgehead atoms. The number of nitrogens with zero attached hydrogens (tertiary/aromatic N) is 5. The van der Waals surface area contributed by atoms with Gasteiger partial charge in [-0.2, -0.15) is 5.10 Å². The van der Waals surface area contributed by atoms with Gasteiger partial charge in [-0.1, -0.05) is 11.3 Å². The molecule has 0 spiro atoms.